The standard InChI is InChI=1S/C20H26FN3O4/c1-20(18(26)27,15-6-8-16(21)9-7-15)22-17(25)14-5-4-12-24(13-14)19(28)23-10-2-3-11-23/h6-9,14H,2-5,10-13H2,1H3,(H,22,25)(H,26,27). The molecule has 152 valence electrons. The zero-order chi connectivity index (χ0) is 20.3. The van der Waals surface area contributed by atoms with Gasteiger partial charge in [0.1, 0.15) is 5.82 Å². The van der Waals surface area contributed by atoms with Gasteiger partial charge in [-0.25, -0.2) is 14.0 Å². The maximum Gasteiger partial charge on any atom is 0.333 e. The maximum absolute atomic E-state index is 13.2. The molecule has 2 N–H and O–H groups in total. The Morgan fingerprint density at radius 3 is 2.29 bits per heavy atom. The van der Waals surface area contributed by atoms with Crippen LogP contribution in [0.3, 0.4) is 0 Å². The molecule has 28 heavy (non-hydrogen) atoms. The molecule has 7 nitrogen and oxygen atoms in total. The average Bonchev–Trinajstić information content (AvgIpc) is 3.22. The molecular formula is C20H26FN3O4. The van der Waals surface area contributed by atoms with E-state index in [4.69, 9.17) is 0 Å². The molecule has 2 saturated heterocycles. The highest BCUT2D eigenvalue weighted by atomic mass is 19.1. The molecule has 2 aliphatic rings. The molecule has 0 aliphatic carbocycles. The van der Waals surface area contributed by atoms with Crippen LogP contribution in [-0.4, -0.2) is 59.0 Å². The van der Waals surface area contributed by atoms with E-state index in [9.17, 15) is 23.9 Å². The van der Waals surface area contributed by atoms with E-state index in [1.165, 1.54) is 31.2 Å². The van der Waals surface area contributed by atoms with Crippen molar-refractivity contribution in [1.29, 1.82) is 0 Å². The number of rotatable bonds is 4. The van der Waals surface area contributed by atoms with Crippen molar-refractivity contribution >= 4 is 17.9 Å². The molecule has 0 aromatic heterocycles. The van der Waals surface area contributed by atoms with E-state index in [1.54, 1.807) is 9.80 Å². The fraction of sp³-hybridized carbons (Fsp3) is 0.550. The number of aliphatic carboxylic acids is 1. The minimum absolute atomic E-state index is 0.0467. The summed E-state index contributed by atoms with van der Waals surface area (Å²) in [6, 6.07) is 5.00. The average molecular weight is 391 g/mol. The van der Waals surface area contributed by atoms with E-state index in [0.717, 1.165) is 25.9 Å². The summed E-state index contributed by atoms with van der Waals surface area (Å²) >= 11 is 0. The summed E-state index contributed by atoms with van der Waals surface area (Å²) in [6.07, 6.45) is 3.28. The topological polar surface area (TPSA) is 90.0 Å². The van der Waals surface area contributed by atoms with Crippen LogP contribution in [0.5, 0.6) is 0 Å². The van der Waals surface area contributed by atoms with Gasteiger partial charge >= 0.3 is 12.0 Å². The van der Waals surface area contributed by atoms with E-state index in [1.807, 2.05) is 0 Å². The monoisotopic (exact) mass is 391 g/mol. The van der Waals surface area contributed by atoms with Gasteiger partial charge in [-0.1, -0.05) is 12.1 Å². The highest BCUT2D eigenvalue weighted by Crippen LogP contribution is 2.25. The summed E-state index contributed by atoms with van der Waals surface area (Å²) in [4.78, 5) is 40.8. The lowest BCUT2D eigenvalue weighted by molar-refractivity contribution is -0.148. The highest BCUT2D eigenvalue weighted by molar-refractivity contribution is 5.89. The molecule has 2 atom stereocenters. The van der Waals surface area contributed by atoms with Gasteiger partial charge in [-0.05, 0) is 50.3 Å². The Labute approximate surface area is 163 Å². The molecule has 0 radical (unpaired) electrons. The second kappa shape index (κ2) is 8.16. The number of likely N-dealkylation sites (tertiary alicyclic amines) is 2. The number of amides is 3. The molecule has 1 aromatic carbocycles. The molecule has 0 bridgehead atoms. The highest BCUT2D eigenvalue weighted by Gasteiger charge is 2.40. The summed E-state index contributed by atoms with van der Waals surface area (Å²) < 4.78 is 13.2. The van der Waals surface area contributed by atoms with Crippen LogP contribution in [0.25, 0.3) is 0 Å². The quantitative estimate of drug-likeness (QED) is 0.823. The molecule has 2 aliphatic heterocycles. The number of carboxylic acid groups (broad SMARTS) is 1. The lowest BCUT2D eigenvalue weighted by Gasteiger charge is -2.36. The third-order valence-electron chi connectivity index (χ3n) is 5.66. The van der Waals surface area contributed by atoms with Gasteiger partial charge in [0, 0.05) is 26.2 Å². The number of piperidine rings is 1. The Bertz CT molecular complexity index is 748. The van der Waals surface area contributed by atoms with Crippen LogP contribution < -0.4 is 5.32 Å². The van der Waals surface area contributed by atoms with Crippen molar-refractivity contribution in [2.24, 2.45) is 5.92 Å². The number of carbonyl (C=O) groups is 3. The van der Waals surface area contributed by atoms with E-state index in [-0.39, 0.29) is 18.1 Å². The molecule has 3 amide bonds. The van der Waals surface area contributed by atoms with Crippen molar-refractivity contribution in [1.82, 2.24) is 15.1 Å². The first-order chi connectivity index (χ1) is 13.3. The summed E-state index contributed by atoms with van der Waals surface area (Å²) in [6.45, 7) is 3.76. The van der Waals surface area contributed by atoms with Crippen LogP contribution in [0.15, 0.2) is 24.3 Å². The van der Waals surface area contributed by atoms with Gasteiger partial charge < -0.3 is 20.2 Å². The molecule has 2 heterocycles. The second-order valence-electron chi connectivity index (χ2n) is 7.69. The SMILES string of the molecule is CC(NC(=O)C1CCCN(C(=O)N2CCCC2)C1)(C(=O)O)c1ccc(F)cc1. The van der Waals surface area contributed by atoms with E-state index in [0.29, 0.717) is 19.4 Å². The molecule has 0 saturated carbocycles. The minimum atomic E-state index is -1.67. The van der Waals surface area contributed by atoms with Crippen LogP contribution in [0.1, 0.15) is 38.2 Å². The van der Waals surface area contributed by atoms with Gasteiger partial charge in [-0.2, -0.15) is 0 Å². The number of carboxylic acids is 1. The van der Waals surface area contributed by atoms with Crippen LogP contribution >= 0.6 is 0 Å². The molecule has 2 fully saturated rings. The number of hydrogen-bond acceptors (Lipinski definition) is 3. The van der Waals surface area contributed by atoms with Crippen LogP contribution in [0.4, 0.5) is 9.18 Å². The fourth-order valence-electron chi connectivity index (χ4n) is 3.85. The number of hydrogen-bond donors (Lipinski definition) is 2. The van der Waals surface area contributed by atoms with Gasteiger partial charge in [0.25, 0.3) is 0 Å². The first-order valence-electron chi connectivity index (χ1n) is 9.66. The van der Waals surface area contributed by atoms with Crippen molar-refractivity contribution in [3.63, 3.8) is 0 Å². The van der Waals surface area contributed by atoms with Crippen LogP contribution in [0.2, 0.25) is 0 Å². The number of carbonyl (C=O) groups excluding carboxylic acids is 2. The summed E-state index contributed by atoms with van der Waals surface area (Å²) in [5.41, 5.74) is -1.39. The Morgan fingerprint density at radius 1 is 1.07 bits per heavy atom. The van der Waals surface area contributed by atoms with Crippen molar-refractivity contribution in [3.05, 3.63) is 35.6 Å². The van der Waals surface area contributed by atoms with Gasteiger partial charge in [-0.15, -0.1) is 0 Å². The van der Waals surface area contributed by atoms with Gasteiger partial charge in [0.2, 0.25) is 5.91 Å². The molecule has 2 unspecified atom stereocenters. The maximum atomic E-state index is 13.2. The normalized spacial score (nSPS) is 21.9. The summed E-state index contributed by atoms with van der Waals surface area (Å²) in [5, 5.41) is 12.3. The zero-order valence-corrected chi connectivity index (χ0v) is 16.0. The lowest BCUT2D eigenvalue weighted by atomic mass is 9.89. The van der Waals surface area contributed by atoms with Gasteiger partial charge in [0.15, 0.2) is 5.54 Å². The Kier molecular flexibility index (Phi) is 5.86. The number of halogens is 1. The number of nitrogens with zero attached hydrogens (tertiary/aromatic N) is 2. The summed E-state index contributed by atoms with van der Waals surface area (Å²) in [5.74, 6) is -2.59. The lowest BCUT2D eigenvalue weighted by Crippen LogP contribution is -2.55. The Hall–Kier alpha value is -2.64. The smallest absolute Gasteiger partial charge is 0.333 e. The zero-order valence-electron chi connectivity index (χ0n) is 16.0. The predicted molar refractivity (Wildman–Crippen MR) is 100 cm³/mol. The first-order valence-corrected chi connectivity index (χ1v) is 9.66. The fourth-order valence-corrected chi connectivity index (χ4v) is 3.85. The molecular weight excluding hydrogens is 365 g/mol. The number of benzene rings is 1. The third kappa shape index (κ3) is 4.10. The molecule has 3 rings (SSSR count). The molecule has 0 spiro atoms. The van der Waals surface area contributed by atoms with Crippen molar-refractivity contribution in [2.45, 2.75) is 38.1 Å². The van der Waals surface area contributed by atoms with Crippen molar-refractivity contribution in [3.8, 4) is 0 Å². The Balaban J connectivity index is 1.70. The van der Waals surface area contributed by atoms with Gasteiger partial charge in [0.05, 0.1) is 5.92 Å². The predicted octanol–water partition coefficient (Wildman–Crippen LogP) is 2.17. The molecule has 1 aromatic rings. The van der Waals surface area contributed by atoms with Crippen molar-refractivity contribution < 1.29 is 23.9 Å². The number of nitrogens with one attached hydrogen (secondary N) is 1. The Morgan fingerprint density at radius 2 is 1.68 bits per heavy atom. The van der Waals surface area contributed by atoms with Crippen LogP contribution in [-0.2, 0) is 15.1 Å². The summed E-state index contributed by atoms with van der Waals surface area (Å²) in [7, 11) is 0. The van der Waals surface area contributed by atoms with E-state index >= 15 is 0 Å². The second-order valence-corrected chi connectivity index (χ2v) is 7.69. The number of urea groups is 1. The molecule has 8 heteroatoms. The first kappa shape index (κ1) is 20.1. The largest absolute Gasteiger partial charge is 0.479 e. The van der Waals surface area contributed by atoms with E-state index < -0.39 is 29.2 Å². The third-order valence-corrected chi connectivity index (χ3v) is 5.66. The van der Waals surface area contributed by atoms with Gasteiger partial charge in [-0.3, -0.25) is 4.79 Å². The minimum Gasteiger partial charge on any atom is -0.479 e. The van der Waals surface area contributed by atoms with E-state index in [2.05, 4.69) is 5.32 Å². The van der Waals surface area contributed by atoms with Crippen molar-refractivity contribution in [2.75, 3.05) is 26.2 Å². The van der Waals surface area contributed by atoms with Crippen LogP contribution in [0, 0.1) is 11.7 Å².